The molecule has 72 valence electrons. The van der Waals surface area contributed by atoms with Gasteiger partial charge >= 0.3 is 0 Å². The molecular weight excluding hydrogens is 200 g/mol. The van der Waals surface area contributed by atoms with Crippen LogP contribution >= 0.6 is 21.6 Å². The zero-order chi connectivity index (χ0) is 9.36. The summed E-state index contributed by atoms with van der Waals surface area (Å²) in [6.45, 7) is 0.800. The number of hydrogen-bond donors (Lipinski definition) is 1. The number of nitrogens with two attached hydrogens (primary N) is 1. The van der Waals surface area contributed by atoms with Crippen molar-refractivity contribution in [2.45, 2.75) is 17.9 Å². The van der Waals surface area contributed by atoms with Gasteiger partial charge in [0.15, 0.2) is 0 Å². The highest BCUT2D eigenvalue weighted by atomic mass is 33.1. The van der Waals surface area contributed by atoms with Crippen LogP contribution in [0.5, 0.6) is 0 Å². The van der Waals surface area contributed by atoms with E-state index in [4.69, 9.17) is 5.73 Å². The van der Waals surface area contributed by atoms with Gasteiger partial charge in [-0.1, -0.05) is 16.9 Å². The normalized spacial score (nSPS) is 10.2. The molecule has 0 amide bonds. The number of hydrogen-bond acceptors (Lipinski definition) is 4. The summed E-state index contributed by atoms with van der Waals surface area (Å²) in [5.41, 5.74) is 5.39. The molecule has 4 heteroatoms. The van der Waals surface area contributed by atoms with Crippen molar-refractivity contribution in [3.8, 4) is 0 Å². The average Bonchev–Trinajstić information content (AvgIpc) is 2.19. The number of rotatable bonds is 6. The first kappa shape index (κ1) is 10.9. The molecule has 1 heterocycles. The predicted octanol–water partition coefficient (Wildman–Crippen LogP) is 2.56. The second kappa shape index (κ2) is 7.24. The smallest absolute Gasteiger partial charge is 0.106 e. The van der Waals surface area contributed by atoms with E-state index in [1.807, 2.05) is 35.2 Å². The fourth-order valence-electron chi connectivity index (χ4n) is 0.804. The van der Waals surface area contributed by atoms with Crippen LogP contribution < -0.4 is 5.73 Å². The van der Waals surface area contributed by atoms with E-state index in [-0.39, 0.29) is 0 Å². The molecule has 2 N–H and O–H groups in total. The Kier molecular flexibility index (Phi) is 6.06. The van der Waals surface area contributed by atoms with Crippen LogP contribution in [0.4, 0.5) is 0 Å². The monoisotopic (exact) mass is 214 g/mol. The lowest BCUT2D eigenvalue weighted by Gasteiger charge is -1.98. The number of unbranched alkanes of at least 4 members (excludes halogenated alkanes) is 1. The molecular formula is C9H14N2S2. The van der Waals surface area contributed by atoms with Crippen molar-refractivity contribution >= 4 is 21.6 Å². The SMILES string of the molecule is NCCCCSSc1ccccn1. The zero-order valence-electron chi connectivity index (χ0n) is 7.48. The van der Waals surface area contributed by atoms with E-state index in [0.717, 1.165) is 23.7 Å². The summed E-state index contributed by atoms with van der Waals surface area (Å²) < 4.78 is 0. The molecule has 1 aromatic rings. The van der Waals surface area contributed by atoms with Gasteiger partial charge in [0.1, 0.15) is 5.03 Å². The van der Waals surface area contributed by atoms with Gasteiger partial charge in [0.05, 0.1) is 0 Å². The van der Waals surface area contributed by atoms with Crippen molar-refractivity contribution in [2.24, 2.45) is 5.73 Å². The van der Waals surface area contributed by atoms with E-state index in [1.165, 1.54) is 6.42 Å². The van der Waals surface area contributed by atoms with Crippen molar-refractivity contribution in [1.82, 2.24) is 4.98 Å². The number of aromatic nitrogens is 1. The van der Waals surface area contributed by atoms with Crippen LogP contribution in [0.2, 0.25) is 0 Å². The molecule has 0 radical (unpaired) electrons. The Morgan fingerprint density at radius 2 is 2.23 bits per heavy atom. The summed E-state index contributed by atoms with van der Waals surface area (Å²) in [7, 11) is 3.58. The third kappa shape index (κ3) is 5.18. The Morgan fingerprint density at radius 1 is 1.31 bits per heavy atom. The van der Waals surface area contributed by atoms with E-state index in [9.17, 15) is 0 Å². The molecule has 0 bridgehead atoms. The molecule has 0 unspecified atom stereocenters. The molecule has 1 rings (SSSR count). The van der Waals surface area contributed by atoms with Gasteiger partial charge in [-0.2, -0.15) is 0 Å². The van der Waals surface area contributed by atoms with Gasteiger partial charge < -0.3 is 5.73 Å². The second-order valence-corrected chi connectivity index (χ2v) is 5.01. The van der Waals surface area contributed by atoms with E-state index < -0.39 is 0 Å². The summed E-state index contributed by atoms with van der Waals surface area (Å²) >= 11 is 0. The van der Waals surface area contributed by atoms with E-state index in [1.54, 1.807) is 10.8 Å². The van der Waals surface area contributed by atoms with Crippen LogP contribution in [-0.2, 0) is 0 Å². The van der Waals surface area contributed by atoms with Crippen molar-refractivity contribution in [3.63, 3.8) is 0 Å². The van der Waals surface area contributed by atoms with Crippen molar-refractivity contribution < 1.29 is 0 Å². The molecule has 0 aliphatic heterocycles. The molecule has 2 nitrogen and oxygen atoms in total. The highest BCUT2D eigenvalue weighted by Gasteiger charge is 1.93. The zero-order valence-corrected chi connectivity index (χ0v) is 9.11. The molecule has 0 aliphatic rings. The molecule has 0 saturated heterocycles. The average molecular weight is 214 g/mol. The summed E-state index contributed by atoms with van der Waals surface area (Å²) in [5.74, 6) is 1.15. The van der Waals surface area contributed by atoms with E-state index in [2.05, 4.69) is 4.98 Å². The van der Waals surface area contributed by atoms with Crippen molar-refractivity contribution in [3.05, 3.63) is 24.4 Å². The molecule has 0 aromatic carbocycles. The van der Waals surface area contributed by atoms with E-state index in [0.29, 0.717) is 0 Å². The Hall–Kier alpha value is -0.190. The molecule has 0 atom stereocenters. The largest absolute Gasteiger partial charge is 0.330 e. The molecule has 13 heavy (non-hydrogen) atoms. The standard InChI is InChI=1S/C9H14N2S2/c10-6-2-4-8-12-13-9-5-1-3-7-11-9/h1,3,5,7H,2,4,6,8,10H2. The number of pyridine rings is 1. The van der Waals surface area contributed by atoms with Crippen LogP contribution in [-0.4, -0.2) is 17.3 Å². The molecule has 0 fully saturated rings. The second-order valence-electron chi connectivity index (χ2n) is 2.57. The van der Waals surface area contributed by atoms with E-state index >= 15 is 0 Å². The lowest BCUT2D eigenvalue weighted by Crippen LogP contribution is -1.97. The van der Waals surface area contributed by atoms with Crippen LogP contribution in [0.15, 0.2) is 29.4 Å². The van der Waals surface area contributed by atoms with Crippen LogP contribution in [0.3, 0.4) is 0 Å². The van der Waals surface area contributed by atoms with Gasteiger partial charge in [-0.25, -0.2) is 4.98 Å². The van der Waals surface area contributed by atoms with Gasteiger partial charge in [0.25, 0.3) is 0 Å². The summed E-state index contributed by atoms with van der Waals surface area (Å²) in [6, 6.07) is 5.97. The van der Waals surface area contributed by atoms with Crippen molar-refractivity contribution in [2.75, 3.05) is 12.3 Å². The minimum Gasteiger partial charge on any atom is -0.330 e. The minimum atomic E-state index is 0.800. The molecule has 0 aliphatic carbocycles. The molecule has 0 spiro atoms. The lowest BCUT2D eigenvalue weighted by atomic mass is 10.3. The maximum absolute atomic E-state index is 5.39. The van der Waals surface area contributed by atoms with Crippen molar-refractivity contribution in [1.29, 1.82) is 0 Å². The summed E-state index contributed by atoms with van der Waals surface area (Å²) in [5, 5.41) is 1.08. The molecule has 1 aromatic heterocycles. The summed E-state index contributed by atoms with van der Waals surface area (Å²) in [4.78, 5) is 4.21. The third-order valence-corrected chi connectivity index (χ3v) is 3.82. The van der Waals surface area contributed by atoms with Gasteiger partial charge in [-0.05, 0) is 42.3 Å². The number of nitrogens with zero attached hydrogens (tertiary/aromatic N) is 1. The first-order chi connectivity index (χ1) is 6.43. The maximum Gasteiger partial charge on any atom is 0.106 e. The van der Waals surface area contributed by atoms with Crippen LogP contribution in [0.25, 0.3) is 0 Å². The van der Waals surface area contributed by atoms with Crippen LogP contribution in [0.1, 0.15) is 12.8 Å². The fraction of sp³-hybridized carbons (Fsp3) is 0.444. The molecule has 0 saturated carbocycles. The summed E-state index contributed by atoms with van der Waals surface area (Å²) in [6.07, 6.45) is 4.14. The predicted molar refractivity (Wildman–Crippen MR) is 60.8 cm³/mol. The Labute approximate surface area is 87.1 Å². The maximum atomic E-state index is 5.39. The first-order valence-corrected chi connectivity index (χ1v) is 6.66. The third-order valence-electron chi connectivity index (χ3n) is 1.46. The van der Waals surface area contributed by atoms with Gasteiger partial charge in [0.2, 0.25) is 0 Å². The Balaban J connectivity index is 2.07. The minimum absolute atomic E-state index is 0.800. The Morgan fingerprint density at radius 3 is 2.92 bits per heavy atom. The lowest BCUT2D eigenvalue weighted by molar-refractivity contribution is 0.816. The van der Waals surface area contributed by atoms with Gasteiger partial charge in [-0.3, -0.25) is 0 Å². The van der Waals surface area contributed by atoms with Gasteiger partial charge in [0, 0.05) is 11.9 Å². The highest BCUT2D eigenvalue weighted by Crippen LogP contribution is 2.29. The fourth-order valence-corrected chi connectivity index (χ4v) is 2.83. The quantitative estimate of drug-likeness (QED) is 0.583. The highest BCUT2D eigenvalue weighted by molar-refractivity contribution is 8.76. The Bertz CT molecular complexity index is 216. The first-order valence-electron chi connectivity index (χ1n) is 4.34. The van der Waals surface area contributed by atoms with Gasteiger partial charge in [-0.15, -0.1) is 0 Å². The van der Waals surface area contributed by atoms with Crippen LogP contribution in [0, 0.1) is 0 Å². The topological polar surface area (TPSA) is 38.9 Å².